The van der Waals surface area contributed by atoms with Gasteiger partial charge in [0.1, 0.15) is 25.1 Å². The van der Waals surface area contributed by atoms with E-state index in [4.69, 9.17) is 14.2 Å². The summed E-state index contributed by atoms with van der Waals surface area (Å²) in [4.78, 5) is 39.6. The Bertz CT molecular complexity index is 1000. The molecule has 1 aromatic rings. The average Bonchev–Trinajstić information content (AvgIpc) is 3.52. The Morgan fingerprint density at radius 3 is 2.63 bits per heavy atom. The summed E-state index contributed by atoms with van der Waals surface area (Å²) in [6.45, 7) is -0.345. The Balaban J connectivity index is 1.82. The van der Waals surface area contributed by atoms with Crippen LogP contribution in [0.5, 0.6) is 11.5 Å². The van der Waals surface area contributed by atoms with E-state index in [0.29, 0.717) is 34.5 Å². The third-order valence-electron chi connectivity index (χ3n) is 7.01. The number of nitrogens with zero attached hydrogens (tertiary/aromatic N) is 1. The number of amides is 2. The van der Waals surface area contributed by atoms with E-state index < -0.39 is 30.1 Å². The van der Waals surface area contributed by atoms with E-state index in [2.05, 4.69) is 5.32 Å². The number of hydrogen-bond acceptors (Lipinski definition) is 8. The lowest BCUT2D eigenvalue weighted by Gasteiger charge is -2.43. The van der Waals surface area contributed by atoms with Crippen LogP contribution in [0, 0.1) is 0 Å². The topological polar surface area (TPSA) is 135 Å². The van der Waals surface area contributed by atoms with Crippen molar-refractivity contribution in [3.63, 3.8) is 0 Å². The van der Waals surface area contributed by atoms with Gasteiger partial charge in [0, 0.05) is 36.4 Å². The summed E-state index contributed by atoms with van der Waals surface area (Å²) >= 11 is 0. The Labute approximate surface area is 203 Å². The van der Waals surface area contributed by atoms with Gasteiger partial charge in [-0.15, -0.1) is 0 Å². The van der Waals surface area contributed by atoms with Crippen LogP contribution in [-0.4, -0.2) is 91.5 Å². The predicted octanol–water partition coefficient (Wildman–Crippen LogP) is 0.548. The first-order valence-electron chi connectivity index (χ1n) is 11.9. The number of aldehydes is 1. The largest absolute Gasteiger partial charge is 0.493 e. The number of hydrogen-bond donors (Lipinski definition) is 3. The van der Waals surface area contributed by atoms with E-state index in [0.717, 1.165) is 25.7 Å². The molecule has 2 aliphatic carbocycles. The van der Waals surface area contributed by atoms with Crippen molar-refractivity contribution >= 4 is 18.1 Å². The zero-order valence-corrected chi connectivity index (χ0v) is 19.9. The molecular formula is C25H32N2O8. The van der Waals surface area contributed by atoms with Gasteiger partial charge in [-0.25, -0.2) is 0 Å². The molecule has 1 aliphatic heterocycles. The van der Waals surface area contributed by atoms with Crippen LogP contribution in [0.25, 0.3) is 0 Å². The normalized spacial score (nSPS) is 25.2. The quantitative estimate of drug-likeness (QED) is 0.429. The summed E-state index contributed by atoms with van der Waals surface area (Å²) in [6, 6.07) is 2.25. The fourth-order valence-electron chi connectivity index (χ4n) is 5.52. The van der Waals surface area contributed by atoms with Gasteiger partial charge in [-0.05, 0) is 31.1 Å². The molecule has 35 heavy (non-hydrogen) atoms. The molecule has 4 unspecified atom stereocenters. The van der Waals surface area contributed by atoms with Crippen molar-refractivity contribution in [2.45, 2.75) is 55.9 Å². The third kappa shape index (κ3) is 4.65. The maximum atomic E-state index is 13.3. The predicted molar refractivity (Wildman–Crippen MR) is 124 cm³/mol. The van der Waals surface area contributed by atoms with Gasteiger partial charge >= 0.3 is 0 Å². The number of benzene rings is 1. The highest BCUT2D eigenvalue weighted by atomic mass is 16.5. The second kappa shape index (κ2) is 10.8. The number of aliphatic hydroxyl groups is 2. The fourth-order valence-corrected chi connectivity index (χ4v) is 5.52. The van der Waals surface area contributed by atoms with Crippen LogP contribution in [-0.2, 0) is 14.3 Å². The molecule has 0 saturated heterocycles. The van der Waals surface area contributed by atoms with Crippen LogP contribution in [0.15, 0.2) is 23.8 Å². The third-order valence-corrected chi connectivity index (χ3v) is 7.01. The van der Waals surface area contributed by atoms with Crippen molar-refractivity contribution in [1.29, 1.82) is 0 Å². The summed E-state index contributed by atoms with van der Waals surface area (Å²) in [5.74, 6) is -0.731. The number of fused-ring (bicyclic) bond motifs is 3. The van der Waals surface area contributed by atoms with Gasteiger partial charge < -0.3 is 34.6 Å². The van der Waals surface area contributed by atoms with E-state index in [9.17, 15) is 24.6 Å². The highest BCUT2D eigenvalue weighted by Crippen LogP contribution is 2.51. The molecule has 10 nitrogen and oxygen atoms in total. The summed E-state index contributed by atoms with van der Waals surface area (Å²) in [5.41, 5.74) is 1.20. The number of carbonyl (C=O) groups is 3. The molecule has 4 atom stereocenters. The summed E-state index contributed by atoms with van der Waals surface area (Å²) < 4.78 is 16.7. The lowest BCUT2D eigenvalue weighted by atomic mass is 9.77. The molecule has 2 amide bonds. The summed E-state index contributed by atoms with van der Waals surface area (Å²) in [5, 5.41) is 23.4. The van der Waals surface area contributed by atoms with Gasteiger partial charge in [-0.2, -0.15) is 0 Å². The maximum Gasteiger partial charge on any atom is 0.249 e. The molecule has 1 fully saturated rings. The van der Waals surface area contributed by atoms with E-state index in [-0.39, 0.29) is 31.7 Å². The van der Waals surface area contributed by atoms with Crippen molar-refractivity contribution in [2.24, 2.45) is 0 Å². The second-order valence-electron chi connectivity index (χ2n) is 9.07. The van der Waals surface area contributed by atoms with Gasteiger partial charge in [-0.3, -0.25) is 14.4 Å². The SMILES string of the molecule is COCC(=O)N(C1CCCC1)C1C=C(C(=O)NCCO)C2c3cc(C=O)cc(OC)c3OC2C1O. The molecule has 0 radical (unpaired) electrons. The van der Waals surface area contributed by atoms with Gasteiger partial charge in [0.15, 0.2) is 11.5 Å². The van der Waals surface area contributed by atoms with Crippen LogP contribution < -0.4 is 14.8 Å². The maximum absolute atomic E-state index is 13.3. The Kier molecular flexibility index (Phi) is 7.73. The van der Waals surface area contributed by atoms with Gasteiger partial charge in [-0.1, -0.05) is 12.8 Å². The zero-order chi connectivity index (χ0) is 25.1. The Morgan fingerprint density at radius 2 is 2.00 bits per heavy atom. The number of carbonyl (C=O) groups excluding carboxylic acids is 3. The minimum Gasteiger partial charge on any atom is -0.493 e. The number of rotatable bonds is 9. The molecular weight excluding hydrogens is 456 g/mol. The van der Waals surface area contributed by atoms with Crippen LogP contribution in [0.3, 0.4) is 0 Å². The Morgan fingerprint density at radius 1 is 1.26 bits per heavy atom. The first kappa shape index (κ1) is 25.2. The highest BCUT2D eigenvalue weighted by Gasteiger charge is 2.52. The molecule has 10 heteroatoms. The minimum atomic E-state index is -1.15. The first-order valence-corrected chi connectivity index (χ1v) is 11.9. The van der Waals surface area contributed by atoms with E-state index in [1.54, 1.807) is 17.0 Å². The molecule has 0 spiro atoms. The molecule has 3 aliphatic rings. The molecule has 4 rings (SSSR count). The molecule has 0 bridgehead atoms. The van der Waals surface area contributed by atoms with Crippen LogP contribution >= 0.6 is 0 Å². The molecule has 1 heterocycles. The summed E-state index contributed by atoms with van der Waals surface area (Å²) in [7, 11) is 2.89. The standard InChI is InChI=1S/C25H32N2O8/c1-33-13-20(30)27(15-5-3-4-6-15)18-11-17(25(32)26-7-8-28)21-16-9-14(12-29)10-19(34-2)23(16)35-24(21)22(18)31/h9-12,15,18,21-22,24,28,31H,3-8,13H2,1-2H3,(H,26,32). The van der Waals surface area contributed by atoms with E-state index in [1.165, 1.54) is 20.3 Å². The molecule has 190 valence electrons. The van der Waals surface area contributed by atoms with E-state index >= 15 is 0 Å². The monoisotopic (exact) mass is 488 g/mol. The lowest BCUT2D eigenvalue weighted by Crippen LogP contribution is -2.58. The van der Waals surface area contributed by atoms with Crippen LogP contribution in [0.1, 0.15) is 47.5 Å². The number of nitrogens with one attached hydrogen (secondary N) is 1. The molecule has 1 saturated carbocycles. The smallest absolute Gasteiger partial charge is 0.249 e. The zero-order valence-electron chi connectivity index (χ0n) is 19.9. The van der Waals surface area contributed by atoms with Crippen molar-refractivity contribution < 1.29 is 38.8 Å². The molecule has 1 aromatic carbocycles. The first-order chi connectivity index (χ1) is 16.9. The van der Waals surface area contributed by atoms with E-state index in [1.807, 2.05) is 0 Å². The number of ether oxygens (including phenoxy) is 3. The number of aliphatic hydroxyl groups excluding tert-OH is 2. The highest BCUT2D eigenvalue weighted by molar-refractivity contribution is 5.96. The molecule has 3 N–H and O–H groups in total. The van der Waals surface area contributed by atoms with Crippen molar-refractivity contribution in [3.05, 3.63) is 34.9 Å². The lowest BCUT2D eigenvalue weighted by molar-refractivity contribution is -0.144. The van der Waals surface area contributed by atoms with Crippen molar-refractivity contribution in [2.75, 3.05) is 34.0 Å². The van der Waals surface area contributed by atoms with Gasteiger partial charge in [0.25, 0.3) is 0 Å². The van der Waals surface area contributed by atoms with Crippen molar-refractivity contribution in [3.8, 4) is 11.5 Å². The Hall–Kier alpha value is -2.95. The fraction of sp³-hybridized carbons (Fsp3) is 0.560. The van der Waals surface area contributed by atoms with Crippen LogP contribution in [0.4, 0.5) is 0 Å². The van der Waals surface area contributed by atoms with Gasteiger partial charge in [0.2, 0.25) is 11.8 Å². The summed E-state index contributed by atoms with van der Waals surface area (Å²) in [6.07, 6.45) is 3.81. The van der Waals surface area contributed by atoms with Crippen LogP contribution in [0.2, 0.25) is 0 Å². The molecule has 0 aromatic heterocycles. The second-order valence-corrected chi connectivity index (χ2v) is 9.07. The number of methoxy groups -OCH3 is 2. The van der Waals surface area contributed by atoms with Crippen molar-refractivity contribution in [1.82, 2.24) is 10.2 Å². The minimum absolute atomic E-state index is 0.0428. The average molecular weight is 489 g/mol. The van der Waals surface area contributed by atoms with Gasteiger partial charge in [0.05, 0.1) is 25.7 Å².